The molecule has 0 radical (unpaired) electrons. The van der Waals surface area contributed by atoms with E-state index in [4.69, 9.17) is 9.47 Å². The fourth-order valence-electron chi connectivity index (χ4n) is 2.60. The number of methoxy groups -OCH3 is 2. The molecule has 0 fully saturated rings. The first-order valence-corrected chi connectivity index (χ1v) is 8.42. The molecule has 0 unspecified atom stereocenters. The molecule has 0 aliphatic rings. The first kappa shape index (κ1) is 18.2. The van der Waals surface area contributed by atoms with E-state index >= 15 is 0 Å². The lowest BCUT2D eigenvalue weighted by atomic mass is 9.97. The molecule has 0 aliphatic carbocycles. The third kappa shape index (κ3) is 4.73. The molecule has 27 heavy (non-hydrogen) atoms. The number of anilines is 1. The van der Waals surface area contributed by atoms with Crippen LogP contribution in [0.4, 0.5) is 5.82 Å². The monoisotopic (exact) mass is 360 g/mol. The van der Waals surface area contributed by atoms with Crippen LogP contribution in [0, 0.1) is 0 Å². The highest BCUT2D eigenvalue weighted by molar-refractivity contribution is 6.05. The van der Waals surface area contributed by atoms with Crippen LogP contribution >= 0.6 is 0 Å². The number of carbonyl (C=O) groups excluding carboxylic acids is 1. The second-order valence-electron chi connectivity index (χ2n) is 5.72. The molecule has 0 aliphatic heterocycles. The summed E-state index contributed by atoms with van der Waals surface area (Å²) in [6.45, 7) is 0. The van der Waals surface area contributed by atoms with E-state index in [1.165, 1.54) is 0 Å². The SMILES string of the molecule is COc1ccc(C(=CC(=O)Nc2ccccn2)c2ccc(OC)cc2)cc1. The van der Waals surface area contributed by atoms with Crippen LogP contribution in [0.5, 0.6) is 11.5 Å². The maximum atomic E-state index is 12.5. The quantitative estimate of drug-likeness (QED) is 0.670. The first-order valence-electron chi connectivity index (χ1n) is 8.42. The number of nitrogens with zero attached hydrogens (tertiary/aromatic N) is 1. The van der Waals surface area contributed by atoms with Gasteiger partial charge in [-0.3, -0.25) is 4.79 Å². The lowest BCUT2D eigenvalue weighted by Gasteiger charge is -2.11. The molecule has 0 saturated heterocycles. The number of benzene rings is 2. The Balaban J connectivity index is 1.95. The van der Waals surface area contributed by atoms with Crippen molar-refractivity contribution >= 4 is 17.3 Å². The van der Waals surface area contributed by atoms with Crippen molar-refractivity contribution in [2.45, 2.75) is 0 Å². The summed E-state index contributed by atoms with van der Waals surface area (Å²) in [6, 6.07) is 20.5. The summed E-state index contributed by atoms with van der Waals surface area (Å²) in [7, 11) is 3.24. The van der Waals surface area contributed by atoms with Gasteiger partial charge < -0.3 is 14.8 Å². The Morgan fingerprint density at radius 1 is 0.852 bits per heavy atom. The van der Waals surface area contributed by atoms with E-state index in [9.17, 15) is 4.79 Å². The first-order chi connectivity index (χ1) is 13.2. The molecule has 0 atom stereocenters. The van der Waals surface area contributed by atoms with Gasteiger partial charge >= 0.3 is 0 Å². The van der Waals surface area contributed by atoms with Gasteiger partial charge in [0.05, 0.1) is 14.2 Å². The van der Waals surface area contributed by atoms with Crippen LogP contribution in [0.3, 0.4) is 0 Å². The van der Waals surface area contributed by atoms with Crippen molar-refractivity contribution in [3.63, 3.8) is 0 Å². The van der Waals surface area contributed by atoms with Gasteiger partial charge in [0.15, 0.2) is 0 Å². The predicted molar refractivity (Wildman–Crippen MR) is 106 cm³/mol. The topological polar surface area (TPSA) is 60.5 Å². The number of aromatic nitrogens is 1. The minimum atomic E-state index is -0.254. The van der Waals surface area contributed by atoms with Crippen LogP contribution in [-0.4, -0.2) is 25.1 Å². The predicted octanol–water partition coefficient (Wildman–Crippen LogP) is 4.17. The normalized spacial score (nSPS) is 10.0. The highest BCUT2D eigenvalue weighted by atomic mass is 16.5. The van der Waals surface area contributed by atoms with Gasteiger partial charge in [0.2, 0.25) is 5.91 Å². The molecule has 2 aromatic carbocycles. The van der Waals surface area contributed by atoms with Crippen LogP contribution in [0.1, 0.15) is 11.1 Å². The fraction of sp³-hybridized carbons (Fsp3) is 0.0909. The van der Waals surface area contributed by atoms with Crippen LogP contribution in [-0.2, 0) is 4.79 Å². The molecule has 1 aromatic heterocycles. The molecule has 3 rings (SSSR count). The van der Waals surface area contributed by atoms with E-state index in [1.807, 2.05) is 54.6 Å². The van der Waals surface area contributed by atoms with Gasteiger partial charge in [-0.2, -0.15) is 0 Å². The molecule has 136 valence electrons. The lowest BCUT2D eigenvalue weighted by Crippen LogP contribution is -2.10. The Bertz CT molecular complexity index is 869. The van der Waals surface area contributed by atoms with Crippen molar-refractivity contribution in [2.24, 2.45) is 0 Å². The van der Waals surface area contributed by atoms with Crippen molar-refractivity contribution in [2.75, 3.05) is 19.5 Å². The van der Waals surface area contributed by atoms with Crippen molar-refractivity contribution < 1.29 is 14.3 Å². The highest BCUT2D eigenvalue weighted by Crippen LogP contribution is 2.27. The zero-order valence-corrected chi connectivity index (χ0v) is 15.2. The summed E-state index contributed by atoms with van der Waals surface area (Å²) in [5.74, 6) is 1.76. The maximum absolute atomic E-state index is 12.5. The molecule has 0 saturated carbocycles. The molecule has 1 heterocycles. The van der Waals surface area contributed by atoms with Crippen LogP contribution in [0.2, 0.25) is 0 Å². The summed E-state index contributed by atoms with van der Waals surface area (Å²) < 4.78 is 10.4. The van der Waals surface area contributed by atoms with E-state index in [1.54, 1.807) is 38.6 Å². The molecule has 0 spiro atoms. The minimum absolute atomic E-state index is 0.254. The molecular formula is C22H20N2O3. The number of ether oxygens (including phenoxy) is 2. The van der Waals surface area contributed by atoms with E-state index in [0.29, 0.717) is 5.82 Å². The van der Waals surface area contributed by atoms with Gasteiger partial charge in [-0.15, -0.1) is 0 Å². The van der Waals surface area contributed by atoms with E-state index in [2.05, 4.69) is 10.3 Å². The smallest absolute Gasteiger partial charge is 0.250 e. The van der Waals surface area contributed by atoms with Crippen molar-refractivity contribution in [3.8, 4) is 11.5 Å². The Morgan fingerprint density at radius 3 is 1.85 bits per heavy atom. The molecule has 0 bridgehead atoms. The maximum Gasteiger partial charge on any atom is 0.250 e. The summed E-state index contributed by atoms with van der Waals surface area (Å²) in [4.78, 5) is 16.7. The fourth-order valence-corrected chi connectivity index (χ4v) is 2.60. The molecule has 1 amide bonds. The number of carbonyl (C=O) groups is 1. The molecular weight excluding hydrogens is 340 g/mol. The summed E-state index contributed by atoms with van der Waals surface area (Å²) >= 11 is 0. The number of hydrogen-bond acceptors (Lipinski definition) is 4. The number of hydrogen-bond donors (Lipinski definition) is 1. The van der Waals surface area contributed by atoms with Crippen molar-refractivity contribution in [1.82, 2.24) is 4.98 Å². The van der Waals surface area contributed by atoms with E-state index in [0.717, 1.165) is 28.2 Å². The number of amides is 1. The van der Waals surface area contributed by atoms with Crippen LogP contribution in [0.25, 0.3) is 5.57 Å². The van der Waals surface area contributed by atoms with Gasteiger partial charge in [-0.1, -0.05) is 30.3 Å². The average Bonchev–Trinajstić information content (AvgIpc) is 2.73. The van der Waals surface area contributed by atoms with E-state index in [-0.39, 0.29) is 5.91 Å². The third-order valence-corrected chi connectivity index (χ3v) is 3.99. The van der Waals surface area contributed by atoms with Gasteiger partial charge in [0, 0.05) is 12.3 Å². The second-order valence-corrected chi connectivity index (χ2v) is 5.72. The second kappa shape index (κ2) is 8.67. The molecule has 5 heteroatoms. The Kier molecular flexibility index (Phi) is 5.84. The van der Waals surface area contributed by atoms with Gasteiger partial charge in [-0.25, -0.2) is 4.98 Å². The molecule has 5 nitrogen and oxygen atoms in total. The summed E-state index contributed by atoms with van der Waals surface area (Å²) in [5.41, 5.74) is 2.59. The molecule has 3 aromatic rings. The summed E-state index contributed by atoms with van der Waals surface area (Å²) in [5, 5.41) is 2.78. The number of nitrogens with one attached hydrogen (secondary N) is 1. The largest absolute Gasteiger partial charge is 0.497 e. The lowest BCUT2D eigenvalue weighted by molar-refractivity contribution is -0.111. The zero-order chi connectivity index (χ0) is 19.1. The average molecular weight is 360 g/mol. The van der Waals surface area contributed by atoms with Crippen LogP contribution < -0.4 is 14.8 Å². The minimum Gasteiger partial charge on any atom is -0.497 e. The Hall–Kier alpha value is -3.60. The van der Waals surface area contributed by atoms with Crippen molar-refractivity contribution in [1.29, 1.82) is 0 Å². The summed E-state index contributed by atoms with van der Waals surface area (Å²) in [6.07, 6.45) is 3.20. The Morgan fingerprint density at radius 2 is 1.41 bits per heavy atom. The third-order valence-electron chi connectivity index (χ3n) is 3.99. The van der Waals surface area contributed by atoms with Gasteiger partial charge in [0.1, 0.15) is 17.3 Å². The van der Waals surface area contributed by atoms with Crippen molar-refractivity contribution in [3.05, 3.63) is 90.1 Å². The number of rotatable bonds is 6. The van der Waals surface area contributed by atoms with Gasteiger partial charge in [-0.05, 0) is 53.1 Å². The highest BCUT2D eigenvalue weighted by Gasteiger charge is 2.09. The zero-order valence-electron chi connectivity index (χ0n) is 15.2. The Labute approximate surface area is 158 Å². The van der Waals surface area contributed by atoms with E-state index < -0.39 is 0 Å². The number of pyridine rings is 1. The molecule has 1 N–H and O–H groups in total. The van der Waals surface area contributed by atoms with Crippen LogP contribution in [0.15, 0.2) is 79.0 Å². The van der Waals surface area contributed by atoms with Gasteiger partial charge in [0.25, 0.3) is 0 Å². The standard InChI is InChI=1S/C22H20N2O3/c1-26-18-10-6-16(7-11-18)20(17-8-12-19(27-2)13-9-17)15-22(25)24-21-5-3-4-14-23-21/h3-15H,1-2H3,(H,23,24,25).